The maximum atomic E-state index is 6.43. The number of ether oxygens (including phenoxy) is 1. The molecular weight excluding hydrogens is 270 g/mol. The zero-order valence-corrected chi connectivity index (χ0v) is 13.1. The highest BCUT2D eigenvalue weighted by molar-refractivity contribution is 6.33. The van der Waals surface area contributed by atoms with Gasteiger partial charge in [0.15, 0.2) is 0 Å². The van der Waals surface area contributed by atoms with Gasteiger partial charge in [-0.25, -0.2) is 0 Å². The van der Waals surface area contributed by atoms with Gasteiger partial charge in [-0.1, -0.05) is 17.7 Å². The molecule has 0 heterocycles. The van der Waals surface area contributed by atoms with Crippen LogP contribution >= 0.6 is 11.6 Å². The molecule has 2 rings (SSSR count). The second kappa shape index (κ2) is 6.29. The van der Waals surface area contributed by atoms with E-state index in [9.17, 15) is 0 Å². The topological polar surface area (TPSA) is 21.3 Å². The number of aryl methyl sites for hydroxylation is 2. The Kier molecular flexibility index (Phi) is 4.69. The molecule has 20 heavy (non-hydrogen) atoms. The van der Waals surface area contributed by atoms with Gasteiger partial charge in [-0.05, 0) is 67.4 Å². The van der Waals surface area contributed by atoms with Gasteiger partial charge in [-0.15, -0.1) is 0 Å². The van der Waals surface area contributed by atoms with E-state index in [2.05, 4.69) is 37.4 Å². The van der Waals surface area contributed by atoms with Crippen molar-refractivity contribution in [2.45, 2.75) is 20.4 Å². The Morgan fingerprint density at radius 3 is 2.40 bits per heavy atom. The highest BCUT2D eigenvalue weighted by atomic mass is 35.5. The van der Waals surface area contributed by atoms with E-state index in [0.717, 1.165) is 28.4 Å². The van der Waals surface area contributed by atoms with E-state index in [-0.39, 0.29) is 0 Å². The van der Waals surface area contributed by atoms with Crippen molar-refractivity contribution in [2.75, 3.05) is 14.2 Å². The minimum Gasteiger partial charge on any atom is -0.497 e. The molecule has 0 spiro atoms. The van der Waals surface area contributed by atoms with Crippen LogP contribution in [0.15, 0.2) is 30.3 Å². The summed E-state index contributed by atoms with van der Waals surface area (Å²) in [4.78, 5) is 0. The third-order valence-electron chi connectivity index (χ3n) is 3.55. The molecule has 2 aromatic rings. The third kappa shape index (κ3) is 2.97. The minimum atomic E-state index is 0.774. The lowest BCUT2D eigenvalue weighted by atomic mass is 9.96. The van der Waals surface area contributed by atoms with Crippen LogP contribution in [0.5, 0.6) is 5.75 Å². The largest absolute Gasteiger partial charge is 0.497 e. The van der Waals surface area contributed by atoms with Crippen LogP contribution in [-0.2, 0) is 6.54 Å². The molecule has 2 aromatic carbocycles. The first-order valence-corrected chi connectivity index (χ1v) is 7.03. The summed E-state index contributed by atoms with van der Waals surface area (Å²) >= 11 is 6.43. The van der Waals surface area contributed by atoms with Crippen molar-refractivity contribution < 1.29 is 4.74 Å². The van der Waals surface area contributed by atoms with Crippen LogP contribution in [0.1, 0.15) is 16.7 Å². The smallest absolute Gasteiger partial charge is 0.119 e. The molecule has 0 unspecified atom stereocenters. The lowest BCUT2D eigenvalue weighted by Gasteiger charge is -2.14. The van der Waals surface area contributed by atoms with Gasteiger partial charge in [-0.2, -0.15) is 0 Å². The first-order chi connectivity index (χ1) is 9.56. The first-order valence-electron chi connectivity index (χ1n) is 6.65. The van der Waals surface area contributed by atoms with Gasteiger partial charge in [0.05, 0.1) is 7.11 Å². The monoisotopic (exact) mass is 289 g/mol. The van der Waals surface area contributed by atoms with Crippen molar-refractivity contribution in [1.29, 1.82) is 0 Å². The lowest BCUT2D eigenvalue weighted by Crippen LogP contribution is -2.07. The molecule has 1 N–H and O–H groups in total. The highest BCUT2D eigenvalue weighted by Gasteiger charge is 2.11. The molecule has 0 saturated carbocycles. The molecule has 0 saturated heterocycles. The fourth-order valence-corrected chi connectivity index (χ4v) is 2.60. The Labute approximate surface area is 125 Å². The number of rotatable bonds is 4. The van der Waals surface area contributed by atoms with E-state index >= 15 is 0 Å². The van der Waals surface area contributed by atoms with Crippen LogP contribution in [0.3, 0.4) is 0 Å². The zero-order chi connectivity index (χ0) is 14.7. The fraction of sp³-hybridized carbons (Fsp3) is 0.294. The Morgan fingerprint density at radius 2 is 1.75 bits per heavy atom. The zero-order valence-electron chi connectivity index (χ0n) is 12.4. The minimum absolute atomic E-state index is 0.774. The summed E-state index contributed by atoms with van der Waals surface area (Å²) in [6.07, 6.45) is 0. The predicted molar refractivity (Wildman–Crippen MR) is 85.7 cm³/mol. The first kappa shape index (κ1) is 14.9. The molecule has 2 nitrogen and oxygen atoms in total. The van der Waals surface area contributed by atoms with Gasteiger partial charge < -0.3 is 10.1 Å². The number of benzene rings is 2. The van der Waals surface area contributed by atoms with Crippen LogP contribution in [0.2, 0.25) is 5.02 Å². The van der Waals surface area contributed by atoms with E-state index in [1.54, 1.807) is 7.11 Å². The van der Waals surface area contributed by atoms with E-state index in [1.165, 1.54) is 16.7 Å². The van der Waals surface area contributed by atoms with E-state index in [4.69, 9.17) is 16.3 Å². The Hall–Kier alpha value is -1.51. The molecule has 0 radical (unpaired) electrons. The van der Waals surface area contributed by atoms with Crippen molar-refractivity contribution in [3.05, 3.63) is 52.0 Å². The highest BCUT2D eigenvalue weighted by Crippen LogP contribution is 2.34. The SMILES string of the molecule is CNCc1cc(OC)ccc1-c1cc(C)c(C)cc1Cl. The van der Waals surface area contributed by atoms with Crippen molar-refractivity contribution >= 4 is 11.6 Å². The molecule has 0 aliphatic heterocycles. The van der Waals surface area contributed by atoms with Gasteiger partial charge in [0.1, 0.15) is 5.75 Å². The molecule has 3 heteroatoms. The standard InChI is InChI=1S/C17H20ClNO/c1-11-7-16(17(18)8-12(11)2)15-6-5-14(20-4)9-13(15)10-19-3/h5-9,19H,10H2,1-4H3. The van der Waals surface area contributed by atoms with E-state index < -0.39 is 0 Å². The molecule has 0 aliphatic rings. The summed E-state index contributed by atoms with van der Waals surface area (Å²) in [6, 6.07) is 10.3. The lowest BCUT2D eigenvalue weighted by molar-refractivity contribution is 0.414. The summed E-state index contributed by atoms with van der Waals surface area (Å²) in [5, 5.41) is 3.98. The molecule has 0 bridgehead atoms. The number of hydrogen-bond donors (Lipinski definition) is 1. The Bertz CT molecular complexity index is 623. The number of nitrogens with one attached hydrogen (secondary N) is 1. The summed E-state index contributed by atoms with van der Waals surface area (Å²) < 4.78 is 5.30. The van der Waals surface area contributed by atoms with Crippen LogP contribution < -0.4 is 10.1 Å². The molecule has 0 fully saturated rings. The predicted octanol–water partition coefficient (Wildman–Crippen LogP) is 4.35. The molecular formula is C17H20ClNO. The van der Waals surface area contributed by atoms with Gasteiger partial charge in [-0.3, -0.25) is 0 Å². The maximum Gasteiger partial charge on any atom is 0.119 e. The Balaban J connectivity index is 2.59. The summed E-state index contributed by atoms with van der Waals surface area (Å²) in [5.41, 5.74) is 5.85. The van der Waals surface area contributed by atoms with Crippen molar-refractivity contribution in [3.63, 3.8) is 0 Å². The van der Waals surface area contributed by atoms with Gasteiger partial charge in [0.25, 0.3) is 0 Å². The van der Waals surface area contributed by atoms with E-state index in [0.29, 0.717) is 0 Å². The van der Waals surface area contributed by atoms with Crippen LogP contribution in [0.4, 0.5) is 0 Å². The van der Waals surface area contributed by atoms with Gasteiger partial charge in [0, 0.05) is 17.1 Å². The van der Waals surface area contributed by atoms with Gasteiger partial charge >= 0.3 is 0 Å². The summed E-state index contributed by atoms with van der Waals surface area (Å²) in [7, 11) is 3.62. The molecule has 0 amide bonds. The molecule has 0 aliphatic carbocycles. The van der Waals surface area contributed by atoms with Crippen LogP contribution in [-0.4, -0.2) is 14.2 Å². The molecule has 0 atom stereocenters. The Morgan fingerprint density at radius 1 is 1.05 bits per heavy atom. The van der Waals surface area contributed by atoms with Crippen LogP contribution in [0, 0.1) is 13.8 Å². The second-order valence-electron chi connectivity index (χ2n) is 4.97. The average molecular weight is 290 g/mol. The van der Waals surface area contributed by atoms with E-state index in [1.807, 2.05) is 19.2 Å². The van der Waals surface area contributed by atoms with Crippen molar-refractivity contribution in [3.8, 4) is 16.9 Å². The molecule has 0 aromatic heterocycles. The summed E-state index contributed by atoms with van der Waals surface area (Å²) in [6.45, 7) is 4.96. The summed E-state index contributed by atoms with van der Waals surface area (Å²) in [5.74, 6) is 0.860. The second-order valence-corrected chi connectivity index (χ2v) is 5.38. The normalized spacial score (nSPS) is 10.7. The average Bonchev–Trinajstić information content (AvgIpc) is 2.43. The van der Waals surface area contributed by atoms with Crippen molar-refractivity contribution in [1.82, 2.24) is 5.32 Å². The number of hydrogen-bond acceptors (Lipinski definition) is 2. The third-order valence-corrected chi connectivity index (χ3v) is 3.87. The fourth-order valence-electron chi connectivity index (χ4n) is 2.28. The maximum absolute atomic E-state index is 6.43. The number of methoxy groups -OCH3 is 1. The van der Waals surface area contributed by atoms with Crippen LogP contribution in [0.25, 0.3) is 11.1 Å². The molecule has 106 valence electrons. The van der Waals surface area contributed by atoms with Gasteiger partial charge in [0.2, 0.25) is 0 Å². The van der Waals surface area contributed by atoms with Crippen molar-refractivity contribution in [2.24, 2.45) is 0 Å². The quantitative estimate of drug-likeness (QED) is 0.903. The number of halogens is 1.